The maximum atomic E-state index is 5.84. The Morgan fingerprint density at radius 2 is 2.00 bits per heavy atom. The van der Waals surface area contributed by atoms with E-state index in [4.69, 9.17) is 5.73 Å². The van der Waals surface area contributed by atoms with Gasteiger partial charge >= 0.3 is 0 Å². The molecule has 6 heteroatoms. The molecule has 0 amide bonds. The van der Waals surface area contributed by atoms with Crippen LogP contribution < -0.4 is 5.73 Å². The van der Waals surface area contributed by atoms with Gasteiger partial charge in [0.25, 0.3) is 0 Å². The first-order valence-electron chi connectivity index (χ1n) is 5.35. The van der Waals surface area contributed by atoms with Gasteiger partial charge in [0, 0.05) is 23.9 Å². The number of benzene rings is 1. The van der Waals surface area contributed by atoms with E-state index < -0.39 is 0 Å². The van der Waals surface area contributed by atoms with E-state index in [9.17, 15) is 0 Å². The Morgan fingerprint density at radius 3 is 2.78 bits per heavy atom. The van der Waals surface area contributed by atoms with Gasteiger partial charge in [-0.3, -0.25) is 0 Å². The molecule has 0 atom stereocenters. The molecule has 1 aromatic carbocycles. The normalized spacial score (nSPS) is 11.0. The van der Waals surface area contributed by atoms with Gasteiger partial charge in [-0.2, -0.15) is 0 Å². The summed E-state index contributed by atoms with van der Waals surface area (Å²) in [6.45, 7) is 0. The van der Waals surface area contributed by atoms with E-state index in [1.807, 2.05) is 29.8 Å². The lowest BCUT2D eigenvalue weighted by Crippen LogP contribution is -2.00. The van der Waals surface area contributed by atoms with Gasteiger partial charge in [0.15, 0.2) is 11.6 Å². The van der Waals surface area contributed by atoms with Crippen LogP contribution in [0.15, 0.2) is 35.1 Å². The largest absolute Gasteiger partial charge is 0.382 e. The number of nitrogens with zero attached hydrogens (tertiary/aromatic N) is 4. The molecule has 0 saturated heterocycles. The number of anilines is 1. The van der Waals surface area contributed by atoms with Crippen molar-refractivity contribution in [3.05, 3.63) is 35.1 Å². The number of nitrogens with two attached hydrogens (primary N) is 1. The van der Waals surface area contributed by atoms with E-state index in [2.05, 4.69) is 30.9 Å². The summed E-state index contributed by atoms with van der Waals surface area (Å²) < 4.78 is 2.95. The van der Waals surface area contributed by atoms with E-state index >= 15 is 0 Å². The zero-order chi connectivity index (χ0) is 12.7. The average molecular weight is 304 g/mol. The Hall–Kier alpha value is -1.95. The summed E-state index contributed by atoms with van der Waals surface area (Å²) in [6, 6.07) is 5.95. The molecule has 0 unspecified atom stereocenters. The molecule has 18 heavy (non-hydrogen) atoms. The first kappa shape index (κ1) is 11.2. The van der Waals surface area contributed by atoms with Crippen LogP contribution >= 0.6 is 15.9 Å². The van der Waals surface area contributed by atoms with Crippen molar-refractivity contribution in [1.82, 2.24) is 19.5 Å². The van der Waals surface area contributed by atoms with Gasteiger partial charge in [0.1, 0.15) is 5.69 Å². The fourth-order valence-electron chi connectivity index (χ4n) is 1.91. The first-order valence-corrected chi connectivity index (χ1v) is 6.15. The summed E-state index contributed by atoms with van der Waals surface area (Å²) in [7, 11) is 1.94. The monoisotopic (exact) mass is 303 g/mol. The van der Waals surface area contributed by atoms with E-state index in [-0.39, 0.29) is 0 Å². The molecular formula is C12H10BrN5. The second-order valence-corrected chi connectivity index (χ2v) is 4.83. The van der Waals surface area contributed by atoms with Gasteiger partial charge in [0.05, 0.1) is 11.0 Å². The molecule has 2 heterocycles. The Morgan fingerprint density at radius 1 is 1.22 bits per heavy atom. The smallest absolute Gasteiger partial charge is 0.163 e. The predicted molar refractivity (Wildman–Crippen MR) is 73.9 cm³/mol. The molecule has 2 N–H and O–H groups in total. The van der Waals surface area contributed by atoms with Gasteiger partial charge in [-0.25, -0.2) is 15.0 Å². The summed E-state index contributed by atoms with van der Waals surface area (Å²) in [5, 5.41) is 0. The van der Waals surface area contributed by atoms with Crippen LogP contribution in [0, 0.1) is 0 Å². The van der Waals surface area contributed by atoms with Crippen molar-refractivity contribution in [3.63, 3.8) is 0 Å². The third kappa shape index (κ3) is 1.65. The van der Waals surface area contributed by atoms with Crippen LogP contribution in [0.3, 0.4) is 0 Å². The van der Waals surface area contributed by atoms with Crippen LogP contribution in [-0.4, -0.2) is 19.5 Å². The van der Waals surface area contributed by atoms with Crippen molar-refractivity contribution in [2.45, 2.75) is 0 Å². The second-order valence-electron chi connectivity index (χ2n) is 3.92. The summed E-state index contributed by atoms with van der Waals surface area (Å²) in [4.78, 5) is 12.8. The molecule has 2 aromatic heterocycles. The van der Waals surface area contributed by atoms with Crippen molar-refractivity contribution in [2.75, 3.05) is 5.73 Å². The standard InChI is InChI=1S/C12H10BrN5/c1-18-9-3-2-7(13)6-8(9)17-12(18)10-11(14)16-5-4-15-10/h2-6H,1H3,(H2,14,16). The quantitative estimate of drug-likeness (QED) is 0.749. The molecular weight excluding hydrogens is 294 g/mol. The van der Waals surface area contributed by atoms with Crippen molar-refractivity contribution < 1.29 is 0 Å². The fraction of sp³-hybridized carbons (Fsp3) is 0.0833. The van der Waals surface area contributed by atoms with Crippen molar-refractivity contribution >= 4 is 32.8 Å². The number of aryl methyl sites for hydroxylation is 1. The molecule has 0 spiro atoms. The Bertz CT molecular complexity index is 734. The number of rotatable bonds is 1. The zero-order valence-corrected chi connectivity index (χ0v) is 11.2. The van der Waals surface area contributed by atoms with E-state index in [1.54, 1.807) is 12.4 Å². The fourth-order valence-corrected chi connectivity index (χ4v) is 2.25. The van der Waals surface area contributed by atoms with Crippen LogP contribution in [0.2, 0.25) is 0 Å². The van der Waals surface area contributed by atoms with E-state index in [0.717, 1.165) is 15.5 Å². The van der Waals surface area contributed by atoms with Gasteiger partial charge < -0.3 is 10.3 Å². The molecule has 90 valence electrons. The number of imidazole rings is 1. The topological polar surface area (TPSA) is 69.6 Å². The highest BCUT2D eigenvalue weighted by Gasteiger charge is 2.13. The van der Waals surface area contributed by atoms with Gasteiger partial charge in [-0.15, -0.1) is 0 Å². The number of hydrogen-bond donors (Lipinski definition) is 1. The molecule has 0 aliphatic rings. The number of hydrogen-bond acceptors (Lipinski definition) is 4. The second kappa shape index (κ2) is 4.06. The highest BCUT2D eigenvalue weighted by Crippen LogP contribution is 2.26. The maximum Gasteiger partial charge on any atom is 0.163 e. The molecule has 0 aliphatic heterocycles. The van der Waals surface area contributed by atoms with Gasteiger partial charge in [-0.1, -0.05) is 15.9 Å². The number of aromatic nitrogens is 4. The van der Waals surface area contributed by atoms with Gasteiger partial charge in [0.2, 0.25) is 0 Å². The molecule has 5 nitrogen and oxygen atoms in total. The minimum atomic E-state index is 0.384. The number of nitrogen functional groups attached to an aromatic ring is 1. The summed E-state index contributed by atoms with van der Waals surface area (Å²) in [6.07, 6.45) is 3.18. The van der Waals surface area contributed by atoms with Crippen LogP contribution in [-0.2, 0) is 7.05 Å². The lowest BCUT2D eigenvalue weighted by atomic mass is 10.3. The minimum absolute atomic E-state index is 0.384. The predicted octanol–water partition coefficient (Wildman–Crippen LogP) is 2.38. The lowest BCUT2D eigenvalue weighted by Gasteiger charge is -2.03. The Balaban J connectivity index is 2.31. The third-order valence-electron chi connectivity index (χ3n) is 2.78. The van der Waals surface area contributed by atoms with Crippen molar-refractivity contribution in [1.29, 1.82) is 0 Å². The first-order chi connectivity index (χ1) is 8.66. The van der Waals surface area contributed by atoms with Crippen LogP contribution in [0.1, 0.15) is 0 Å². The minimum Gasteiger partial charge on any atom is -0.382 e. The van der Waals surface area contributed by atoms with Gasteiger partial charge in [-0.05, 0) is 18.2 Å². The number of halogens is 1. The molecule has 0 saturated carbocycles. The zero-order valence-electron chi connectivity index (χ0n) is 9.63. The molecule has 3 rings (SSSR count). The van der Waals surface area contributed by atoms with Crippen molar-refractivity contribution in [2.24, 2.45) is 7.05 Å². The Labute approximate surface area is 112 Å². The Kier molecular flexibility index (Phi) is 2.52. The summed E-state index contributed by atoms with van der Waals surface area (Å²) >= 11 is 3.44. The molecule has 0 radical (unpaired) electrons. The SMILES string of the molecule is Cn1c(-c2nccnc2N)nc2cc(Br)ccc21. The molecule has 3 aromatic rings. The van der Waals surface area contributed by atoms with Crippen LogP contribution in [0.5, 0.6) is 0 Å². The highest BCUT2D eigenvalue weighted by molar-refractivity contribution is 9.10. The third-order valence-corrected chi connectivity index (χ3v) is 3.27. The maximum absolute atomic E-state index is 5.84. The molecule has 0 bridgehead atoms. The van der Waals surface area contributed by atoms with E-state index in [0.29, 0.717) is 17.3 Å². The van der Waals surface area contributed by atoms with Crippen LogP contribution in [0.25, 0.3) is 22.6 Å². The molecule has 0 fully saturated rings. The van der Waals surface area contributed by atoms with Crippen LogP contribution in [0.4, 0.5) is 5.82 Å². The average Bonchev–Trinajstić information content (AvgIpc) is 2.67. The summed E-state index contributed by atoms with van der Waals surface area (Å²) in [5.74, 6) is 1.10. The lowest BCUT2D eigenvalue weighted by molar-refractivity contribution is 0.948. The number of fused-ring (bicyclic) bond motifs is 1. The van der Waals surface area contributed by atoms with Crippen molar-refractivity contribution in [3.8, 4) is 11.5 Å². The summed E-state index contributed by atoms with van der Waals surface area (Å²) in [5.41, 5.74) is 8.36. The van der Waals surface area contributed by atoms with E-state index in [1.165, 1.54) is 0 Å². The highest BCUT2D eigenvalue weighted by atomic mass is 79.9. The molecule has 0 aliphatic carbocycles.